The number of ether oxygens (including phenoxy) is 1. The molecule has 0 saturated carbocycles. The van der Waals surface area contributed by atoms with Crippen LogP contribution in [0.4, 0.5) is 5.69 Å². The van der Waals surface area contributed by atoms with Crippen LogP contribution in [0.25, 0.3) is 5.76 Å². The van der Waals surface area contributed by atoms with Crippen LogP contribution >= 0.6 is 0 Å². The van der Waals surface area contributed by atoms with Crippen molar-refractivity contribution in [3.8, 4) is 0 Å². The number of nitrogens with zero attached hydrogens (tertiary/aromatic N) is 2. The van der Waals surface area contributed by atoms with Gasteiger partial charge in [-0.15, -0.1) is 0 Å². The number of likely N-dealkylation sites (N-methyl/N-ethyl adjacent to an activating group) is 1. The molecule has 55 heavy (non-hydrogen) atoms. The Morgan fingerprint density at radius 3 is 2.38 bits per heavy atom. The number of hydrogen-bond acceptors (Lipinski definition) is 7. The summed E-state index contributed by atoms with van der Waals surface area (Å²) in [5.74, 6) is 0.117. The molecule has 11 nitrogen and oxygen atoms in total. The van der Waals surface area contributed by atoms with Crippen LogP contribution in [0.1, 0.15) is 71.4 Å². The van der Waals surface area contributed by atoms with Crippen molar-refractivity contribution in [2.45, 2.75) is 82.2 Å². The van der Waals surface area contributed by atoms with Crippen molar-refractivity contribution in [2.24, 2.45) is 5.92 Å². The van der Waals surface area contributed by atoms with Crippen LogP contribution in [0.2, 0.25) is 0 Å². The quantitative estimate of drug-likeness (QED) is 0.107. The second-order valence-electron chi connectivity index (χ2n) is 15.3. The Hall–Kier alpha value is -4.40. The van der Waals surface area contributed by atoms with Crippen molar-refractivity contribution in [2.75, 3.05) is 18.8 Å². The molecular formula is C42H49N2O9S2+. The predicted molar refractivity (Wildman–Crippen MR) is 212 cm³/mol. The van der Waals surface area contributed by atoms with Gasteiger partial charge < -0.3 is 9.84 Å². The van der Waals surface area contributed by atoms with E-state index in [1.165, 1.54) is 17.7 Å². The molecule has 3 aliphatic heterocycles. The lowest BCUT2D eigenvalue weighted by molar-refractivity contribution is -0.437. The summed E-state index contributed by atoms with van der Waals surface area (Å²) in [5, 5.41) is 9.49. The van der Waals surface area contributed by atoms with E-state index in [0.29, 0.717) is 29.1 Å². The molecule has 3 N–H and O–H groups in total. The number of allylic oxidation sites excluding steroid dienone is 5. The van der Waals surface area contributed by atoms with Crippen molar-refractivity contribution in [1.29, 1.82) is 0 Å². The topological polar surface area (TPSA) is 162 Å². The van der Waals surface area contributed by atoms with E-state index in [1.807, 2.05) is 66.1 Å². The van der Waals surface area contributed by atoms with Gasteiger partial charge in [-0.05, 0) is 76.9 Å². The molecule has 2 aromatic carbocycles. The van der Waals surface area contributed by atoms with Gasteiger partial charge in [-0.2, -0.15) is 21.4 Å². The lowest BCUT2D eigenvalue weighted by Crippen LogP contribution is -2.54. The van der Waals surface area contributed by atoms with Gasteiger partial charge in [0.05, 0.1) is 16.1 Å². The van der Waals surface area contributed by atoms with E-state index in [9.17, 15) is 35.8 Å². The lowest BCUT2D eigenvalue weighted by Gasteiger charge is -2.49. The van der Waals surface area contributed by atoms with Crippen molar-refractivity contribution in [1.82, 2.24) is 4.90 Å². The number of aliphatic carboxylic acids is 1. The highest BCUT2D eigenvalue weighted by Gasteiger charge is 2.48. The van der Waals surface area contributed by atoms with Gasteiger partial charge >= 0.3 is 5.97 Å². The minimum absolute atomic E-state index is 0.0600. The van der Waals surface area contributed by atoms with Crippen molar-refractivity contribution >= 4 is 43.4 Å². The second kappa shape index (κ2) is 15.3. The second-order valence-corrected chi connectivity index (χ2v) is 18.3. The molecule has 0 amide bonds. The number of fused-ring (bicyclic) bond motifs is 3. The predicted octanol–water partition coefficient (Wildman–Crippen LogP) is 7.25. The van der Waals surface area contributed by atoms with Gasteiger partial charge in [-0.25, -0.2) is 0 Å². The van der Waals surface area contributed by atoms with E-state index in [1.54, 1.807) is 6.07 Å². The summed E-state index contributed by atoms with van der Waals surface area (Å²) in [5.41, 5.74) is 4.81. The molecule has 0 radical (unpaired) electrons. The van der Waals surface area contributed by atoms with Crippen LogP contribution in [0, 0.1) is 5.92 Å². The lowest BCUT2D eigenvalue weighted by atomic mass is 9.75. The van der Waals surface area contributed by atoms with Crippen LogP contribution in [0.5, 0.6) is 0 Å². The van der Waals surface area contributed by atoms with Gasteiger partial charge in [0, 0.05) is 59.2 Å². The fourth-order valence-corrected chi connectivity index (χ4v) is 9.65. The largest absolute Gasteiger partial charge is 0.481 e. The van der Waals surface area contributed by atoms with E-state index in [4.69, 9.17) is 4.74 Å². The first-order chi connectivity index (χ1) is 25.8. The molecule has 0 fully saturated rings. The Morgan fingerprint density at radius 1 is 1.00 bits per heavy atom. The van der Waals surface area contributed by atoms with E-state index in [-0.39, 0.29) is 48.2 Å². The van der Waals surface area contributed by atoms with Gasteiger partial charge in [-0.3, -0.25) is 18.8 Å². The van der Waals surface area contributed by atoms with Crippen LogP contribution in [-0.4, -0.2) is 82.6 Å². The van der Waals surface area contributed by atoms with Crippen LogP contribution < -0.4 is 0 Å². The molecule has 3 heterocycles. The number of rotatable bonds is 13. The van der Waals surface area contributed by atoms with E-state index in [2.05, 4.69) is 50.8 Å². The summed E-state index contributed by atoms with van der Waals surface area (Å²) >= 11 is 0. The molecular weight excluding hydrogens is 741 g/mol. The number of benzene rings is 2. The summed E-state index contributed by atoms with van der Waals surface area (Å²) < 4.78 is 76.0. The zero-order valence-electron chi connectivity index (χ0n) is 31.8. The number of carbonyl (C=O) groups is 1. The molecule has 0 spiro atoms. The maximum atomic E-state index is 12.3. The first-order valence-corrected chi connectivity index (χ1v) is 21.5. The van der Waals surface area contributed by atoms with E-state index >= 15 is 0 Å². The fourth-order valence-electron chi connectivity index (χ4n) is 8.65. The van der Waals surface area contributed by atoms with Crippen LogP contribution in [0.3, 0.4) is 0 Å². The molecule has 4 aliphatic rings. The van der Waals surface area contributed by atoms with Crippen molar-refractivity contribution in [3.63, 3.8) is 0 Å². The third kappa shape index (κ3) is 8.41. The maximum Gasteiger partial charge on any atom is 0.303 e. The highest BCUT2D eigenvalue weighted by atomic mass is 32.2. The molecule has 13 heteroatoms. The minimum atomic E-state index is -4.57. The van der Waals surface area contributed by atoms with Crippen molar-refractivity contribution < 1.29 is 45.2 Å². The Labute approximate surface area is 323 Å². The molecule has 3 unspecified atom stereocenters. The number of carboxylic acids is 1. The van der Waals surface area contributed by atoms with Gasteiger partial charge in [-0.1, -0.05) is 67.1 Å². The average molecular weight is 790 g/mol. The van der Waals surface area contributed by atoms with Gasteiger partial charge in [0.25, 0.3) is 20.2 Å². The van der Waals surface area contributed by atoms with Crippen molar-refractivity contribution in [3.05, 3.63) is 125 Å². The molecule has 0 saturated heterocycles. The fraction of sp³-hybridized carbons (Fsp3) is 0.381. The Kier molecular flexibility index (Phi) is 11.2. The SMILES string of the molecule is CCN1C2C=C3OC(c4ccccc4)=C/C(=C\C=C\C4=[N+](CCCS(=O)(=O)O)c5ccc(S(=O)(=O)O)cc5C4(C)CCCC(=O)O)C3=CC2C(C)=CC1(C)C. The van der Waals surface area contributed by atoms with E-state index in [0.717, 1.165) is 29.0 Å². The zero-order chi connectivity index (χ0) is 39.9. The summed E-state index contributed by atoms with van der Waals surface area (Å²) in [7, 11) is -8.84. The summed E-state index contributed by atoms with van der Waals surface area (Å²) in [4.78, 5) is 13.8. The zero-order valence-corrected chi connectivity index (χ0v) is 33.4. The Balaban J connectivity index is 1.49. The first kappa shape index (κ1) is 40.3. The maximum absolute atomic E-state index is 12.3. The van der Waals surface area contributed by atoms with Gasteiger partial charge in [0.1, 0.15) is 18.1 Å². The van der Waals surface area contributed by atoms with Crippen LogP contribution in [-0.2, 0) is 35.2 Å². The third-order valence-corrected chi connectivity index (χ3v) is 12.8. The van der Waals surface area contributed by atoms with Crippen LogP contribution in [0.15, 0.2) is 118 Å². The summed E-state index contributed by atoms with van der Waals surface area (Å²) in [6.45, 7) is 11.7. The molecule has 6 rings (SSSR count). The van der Waals surface area contributed by atoms with Gasteiger partial charge in [0.15, 0.2) is 5.71 Å². The normalized spacial score (nSPS) is 24.4. The standard InChI is InChI=1S/C42H48N2O9S2/c1-6-44-36-26-38-33(25-32(36)28(2)27-41(44,3)4)30(23-37(53-38)29-13-8-7-9-14-29)15-10-16-39-42(5,20-11-17-40(45)46)34-24-31(55(50,51)52)18-19-35(34)43(39)21-12-22-54(47,48)49/h7-10,13-16,18-19,23-27,32,36H,6,11-12,17,20-22H2,1-5H3,(H2-,45,46,47,48,49,50,51,52)/p+1/b16-10+,30-15+. The molecule has 1 aliphatic carbocycles. The number of hydrogen-bond donors (Lipinski definition) is 3. The third-order valence-electron chi connectivity index (χ3n) is 11.1. The average Bonchev–Trinajstić information content (AvgIpc) is 3.32. The highest BCUT2D eigenvalue weighted by molar-refractivity contribution is 7.86. The summed E-state index contributed by atoms with van der Waals surface area (Å²) in [6.07, 6.45) is 15.1. The smallest absolute Gasteiger partial charge is 0.303 e. The minimum Gasteiger partial charge on any atom is -0.481 e. The monoisotopic (exact) mass is 789 g/mol. The van der Waals surface area contributed by atoms with Gasteiger partial charge in [0.2, 0.25) is 5.69 Å². The van der Waals surface area contributed by atoms with E-state index < -0.39 is 37.4 Å². The molecule has 2 aromatic rings. The first-order valence-electron chi connectivity index (χ1n) is 18.5. The molecule has 0 aromatic heterocycles. The molecule has 3 atom stereocenters. The highest BCUT2D eigenvalue weighted by Crippen LogP contribution is 2.46. The molecule has 0 bridgehead atoms. The summed E-state index contributed by atoms with van der Waals surface area (Å²) in [6, 6.07) is 14.2. The Bertz CT molecular complexity index is 2330. The molecule has 292 valence electrons. The Morgan fingerprint density at radius 2 is 1.73 bits per heavy atom. The number of carboxylic acid groups (broad SMARTS) is 1.